The summed E-state index contributed by atoms with van der Waals surface area (Å²) in [7, 11) is 3.22. The molecule has 2 N–H and O–H groups in total. The van der Waals surface area contributed by atoms with Crippen molar-refractivity contribution < 1.29 is 38.3 Å². The van der Waals surface area contributed by atoms with Crippen molar-refractivity contribution in [2.45, 2.75) is 69.7 Å². The molecule has 0 aliphatic carbocycles. The van der Waals surface area contributed by atoms with Gasteiger partial charge < -0.3 is 38.8 Å². The Kier molecular flexibility index (Phi) is 13.1. The number of nitrogens with zero attached hydrogens (tertiary/aromatic N) is 2. The van der Waals surface area contributed by atoms with E-state index < -0.39 is 41.7 Å². The van der Waals surface area contributed by atoms with Crippen LogP contribution in [0.4, 0.5) is 5.82 Å². The van der Waals surface area contributed by atoms with Crippen molar-refractivity contribution in [1.82, 2.24) is 9.55 Å². The number of aliphatic hydroxyl groups is 1. The van der Waals surface area contributed by atoms with Gasteiger partial charge in [0.05, 0.1) is 20.8 Å². The second kappa shape index (κ2) is 18.2. The smallest absolute Gasteiger partial charge is 0.351 e. The maximum atomic E-state index is 13.5. The molecule has 1 amide bonds. The fourth-order valence-electron chi connectivity index (χ4n) is 6.85. The molecule has 12 heteroatoms. The SMILES string of the molecule is CCCO[C@@H]1[C@H](O)[C@@H](COC(c2ccccc2)(c2ccc(OC)cc2)c2ccc(OC)cc2)O[C@H]1n1ccc(NC(=O)COc2ccc(C(C)(C)C)cc2)nc1=O. The standard InChI is InChI=1S/C45H51N3O9/c1-7-27-54-41-40(50)37(57-42(41)48-26-25-38(47-43(48)51)46-39(49)29-55-36-23-13-30(14-24-36)44(2,3)4)28-56-45(31-11-9-8-10-12-31,32-15-19-34(52-5)20-16-32)33-17-21-35(53-6)22-18-33/h8-26,37,40-42,50H,7,27-29H2,1-6H3,(H,46,47,49,51)/t37-,40-,41-,42-/m1/s1. The molecule has 0 bridgehead atoms. The highest BCUT2D eigenvalue weighted by atomic mass is 16.6. The van der Waals surface area contributed by atoms with Crippen LogP contribution in [0.15, 0.2) is 120 Å². The number of hydrogen-bond donors (Lipinski definition) is 2. The summed E-state index contributed by atoms with van der Waals surface area (Å²) < 4.78 is 37.4. The van der Waals surface area contributed by atoms with Crippen molar-refractivity contribution in [3.63, 3.8) is 0 Å². The van der Waals surface area contributed by atoms with Crippen LogP contribution in [0, 0.1) is 0 Å². The first-order chi connectivity index (χ1) is 27.5. The van der Waals surface area contributed by atoms with E-state index in [9.17, 15) is 14.7 Å². The lowest BCUT2D eigenvalue weighted by Gasteiger charge is -2.37. The van der Waals surface area contributed by atoms with Gasteiger partial charge in [0.2, 0.25) is 0 Å². The van der Waals surface area contributed by atoms with Gasteiger partial charge in [-0.1, -0.05) is 94.4 Å². The molecule has 1 fully saturated rings. The fourth-order valence-corrected chi connectivity index (χ4v) is 6.85. The Morgan fingerprint density at radius 3 is 1.91 bits per heavy atom. The van der Waals surface area contributed by atoms with Crippen molar-refractivity contribution in [2.24, 2.45) is 0 Å². The maximum absolute atomic E-state index is 13.5. The van der Waals surface area contributed by atoms with Gasteiger partial charge in [0, 0.05) is 12.8 Å². The van der Waals surface area contributed by atoms with Gasteiger partial charge in [-0.25, -0.2) is 4.79 Å². The van der Waals surface area contributed by atoms with E-state index >= 15 is 0 Å². The molecule has 12 nitrogen and oxygen atoms in total. The summed E-state index contributed by atoms with van der Waals surface area (Å²) in [4.78, 5) is 30.4. The normalized spacial score (nSPS) is 18.2. The van der Waals surface area contributed by atoms with Crippen molar-refractivity contribution >= 4 is 11.7 Å². The Balaban J connectivity index is 1.23. The number of rotatable bonds is 16. The highest BCUT2D eigenvalue weighted by Crippen LogP contribution is 2.43. The lowest BCUT2D eigenvalue weighted by atomic mass is 9.80. The molecule has 5 aromatic rings. The molecule has 4 atom stereocenters. The van der Waals surface area contributed by atoms with Crippen LogP contribution in [0.3, 0.4) is 0 Å². The van der Waals surface area contributed by atoms with Gasteiger partial charge in [-0.05, 0) is 76.6 Å². The van der Waals surface area contributed by atoms with Crippen LogP contribution < -0.4 is 25.2 Å². The van der Waals surface area contributed by atoms with Crippen LogP contribution in [0.1, 0.15) is 62.6 Å². The number of amides is 1. The third-order valence-corrected chi connectivity index (χ3v) is 9.93. The lowest BCUT2D eigenvalue weighted by Crippen LogP contribution is -2.40. The maximum Gasteiger partial charge on any atom is 0.351 e. The van der Waals surface area contributed by atoms with E-state index in [4.69, 9.17) is 28.4 Å². The van der Waals surface area contributed by atoms with Crippen molar-refractivity contribution in [1.29, 1.82) is 0 Å². The van der Waals surface area contributed by atoms with Crippen LogP contribution >= 0.6 is 0 Å². The molecule has 1 aliphatic rings. The first-order valence-corrected chi connectivity index (χ1v) is 19.0. The van der Waals surface area contributed by atoms with Crippen LogP contribution in [0.5, 0.6) is 17.2 Å². The van der Waals surface area contributed by atoms with Gasteiger partial charge in [0.1, 0.15) is 47.0 Å². The van der Waals surface area contributed by atoms with Gasteiger partial charge in [0.25, 0.3) is 5.91 Å². The second-order valence-corrected chi connectivity index (χ2v) is 14.8. The molecule has 0 saturated carbocycles. The fraction of sp³-hybridized carbons (Fsp3) is 0.356. The van der Waals surface area contributed by atoms with Gasteiger partial charge >= 0.3 is 5.69 Å². The Labute approximate surface area is 333 Å². The van der Waals surface area contributed by atoms with Crippen molar-refractivity contribution in [3.05, 3.63) is 148 Å². The molecule has 0 spiro atoms. The Bertz CT molecular complexity index is 2070. The summed E-state index contributed by atoms with van der Waals surface area (Å²) in [5.41, 5.74) is 1.72. The molecule has 2 heterocycles. The first kappa shape index (κ1) is 41.1. The highest BCUT2D eigenvalue weighted by molar-refractivity contribution is 5.90. The molecule has 1 saturated heterocycles. The van der Waals surface area contributed by atoms with E-state index in [0.29, 0.717) is 30.3 Å². The number of nitrogens with one attached hydrogen (secondary N) is 1. The Hall–Kier alpha value is -5.53. The number of methoxy groups -OCH3 is 2. The molecule has 0 radical (unpaired) electrons. The molecule has 4 aromatic carbocycles. The molecular formula is C45H51N3O9. The minimum atomic E-state index is -1.18. The quantitative estimate of drug-likeness (QED) is 0.105. The van der Waals surface area contributed by atoms with E-state index in [2.05, 4.69) is 31.1 Å². The molecule has 1 aliphatic heterocycles. The molecule has 0 unspecified atom stereocenters. The number of carbonyl (C=O) groups is 1. The summed E-state index contributed by atoms with van der Waals surface area (Å²) >= 11 is 0. The van der Waals surface area contributed by atoms with E-state index in [1.807, 2.05) is 110 Å². The number of ether oxygens (including phenoxy) is 6. The summed E-state index contributed by atoms with van der Waals surface area (Å²) in [6.07, 6.45) is -1.94. The average molecular weight is 778 g/mol. The summed E-state index contributed by atoms with van der Waals surface area (Å²) in [6, 6.07) is 34.1. The van der Waals surface area contributed by atoms with Crippen LogP contribution in [0.25, 0.3) is 0 Å². The van der Waals surface area contributed by atoms with Gasteiger partial charge in [-0.15, -0.1) is 0 Å². The van der Waals surface area contributed by atoms with Crippen LogP contribution in [-0.2, 0) is 30.0 Å². The average Bonchev–Trinajstić information content (AvgIpc) is 3.53. The zero-order chi connectivity index (χ0) is 40.6. The molecule has 57 heavy (non-hydrogen) atoms. The largest absolute Gasteiger partial charge is 0.497 e. The molecular weight excluding hydrogens is 727 g/mol. The number of carbonyl (C=O) groups excluding carboxylic acids is 1. The summed E-state index contributed by atoms with van der Waals surface area (Å²) in [6.45, 7) is 8.26. The topological polar surface area (TPSA) is 140 Å². The summed E-state index contributed by atoms with van der Waals surface area (Å²) in [5, 5.41) is 14.4. The molecule has 6 rings (SSSR count). The van der Waals surface area contributed by atoms with E-state index in [-0.39, 0.29) is 24.4 Å². The Morgan fingerprint density at radius 2 is 1.37 bits per heavy atom. The third-order valence-electron chi connectivity index (χ3n) is 9.93. The van der Waals surface area contributed by atoms with E-state index in [1.165, 1.54) is 16.8 Å². The van der Waals surface area contributed by atoms with Crippen molar-refractivity contribution in [2.75, 3.05) is 39.4 Å². The number of benzene rings is 4. The Morgan fingerprint density at radius 1 is 0.807 bits per heavy atom. The van der Waals surface area contributed by atoms with Crippen molar-refractivity contribution in [3.8, 4) is 17.2 Å². The minimum absolute atomic E-state index is 0.00970. The minimum Gasteiger partial charge on any atom is -0.497 e. The lowest BCUT2D eigenvalue weighted by molar-refractivity contribution is -0.118. The van der Waals surface area contributed by atoms with E-state index in [0.717, 1.165) is 22.3 Å². The van der Waals surface area contributed by atoms with Gasteiger partial charge in [-0.3, -0.25) is 9.36 Å². The predicted octanol–water partition coefficient (Wildman–Crippen LogP) is 6.64. The summed E-state index contributed by atoms with van der Waals surface area (Å²) in [5.74, 6) is 1.48. The first-order valence-electron chi connectivity index (χ1n) is 19.0. The third kappa shape index (κ3) is 9.37. The zero-order valence-corrected chi connectivity index (χ0v) is 33.2. The molecule has 300 valence electrons. The number of hydrogen-bond acceptors (Lipinski definition) is 10. The molecule has 1 aromatic heterocycles. The zero-order valence-electron chi connectivity index (χ0n) is 33.2. The second-order valence-electron chi connectivity index (χ2n) is 14.8. The van der Waals surface area contributed by atoms with Gasteiger partial charge in [-0.2, -0.15) is 4.98 Å². The monoisotopic (exact) mass is 777 g/mol. The number of aromatic nitrogens is 2. The highest BCUT2D eigenvalue weighted by Gasteiger charge is 2.48. The van der Waals surface area contributed by atoms with Gasteiger partial charge in [0.15, 0.2) is 12.8 Å². The van der Waals surface area contributed by atoms with Crippen LogP contribution in [-0.4, -0.2) is 72.9 Å². The number of aliphatic hydroxyl groups excluding tert-OH is 1. The predicted molar refractivity (Wildman–Crippen MR) is 216 cm³/mol. The van der Waals surface area contributed by atoms with Crippen LogP contribution in [0.2, 0.25) is 0 Å². The van der Waals surface area contributed by atoms with E-state index in [1.54, 1.807) is 14.2 Å². The number of anilines is 1.